The summed E-state index contributed by atoms with van der Waals surface area (Å²) in [5, 5.41) is 11.0. The van der Waals surface area contributed by atoms with Gasteiger partial charge in [0.1, 0.15) is 0 Å². The van der Waals surface area contributed by atoms with Gasteiger partial charge < -0.3 is 26.2 Å². The summed E-state index contributed by atoms with van der Waals surface area (Å²) in [6.45, 7) is 1.03. The Morgan fingerprint density at radius 3 is 2.07 bits per heavy atom. The van der Waals surface area contributed by atoms with Crippen LogP contribution in [-0.2, 0) is 4.79 Å². The molecule has 2 aromatic carbocycles. The molecule has 8 nitrogen and oxygen atoms in total. The first-order valence-corrected chi connectivity index (χ1v) is 9.56. The first kappa shape index (κ1) is 20.2. The molecule has 1 saturated heterocycles. The molecule has 0 radical (unpaired) electrons. The summed E-state index contributed by atoms with van der Waals surface area (Å²) in [7, 11) is 1.61. The van der Waals surface area contributed by atoms with E-state index in [0.29, 0.717) is 30.2 Å². The van der Waals surface area contributed by atoms with E-state index in [2.05, 4.69) is 21.3 Å². The van der Waals surface area contributed by atoms with Crippen molar-refractivity contribution in [2.24, 2.45) is 5.92 Å². The summed E-state index contributed by atoms with van der Waals surface area (Å²) in [6, 6.07) is 15.4. The lowest BCUT2D eigenvalue weighted by atomic mass is 9.97. The maximum absolute atomic E-state index is 12.5. The first-order chi connectivity index (χ1) is 14.0. The number of benzene rings is 2. The van der Waals surface area contributed by atoms with Crippen LogP contribution in [0.4, 0.5) is 26.7 Å². The maximum Gasteiger partial charge on any atom is 0.323 e. The highest BCUT2D eigenvalue weighted by molar-refractivity contribution is 6.00. The molecule has 1 heterocycles. The molecule has 0 aromatic heterocycles. The molecule has 1 aliphatic heterocycles. The standard InChI is InChI=1S/C21H25N5O3/c1-22-19(27)15-6-5-13-26(14-15)21(29)25-18-11-9-17(10-12-18)24-20(28)23-16-7-3-2-4-8-16/h2-4,7-12,15H,5-6,13-14H2,1H3,(H,22,27)(H,25,29)(H2,23,24,28). The quantitative estimate of drug-likeness (QED) is 0.638. The fraction of sp³-hybridized carbons (Fsp3) is 0.286. The molecule has 152 valence electrons. The number of carbonyl (C=O) groups excluding carboxylic acids is 3. The normalized spacial score (nSPS) is 15.9. The van der Waals surface area contributed by atoms with E-state index in [1.807, 2.05) is 18.2 Å². The second-order valence-electron chi connectivity index (χ2n) is 6.85. The Balaban J connectivity index is 1.51. The van der Waals surface area contributed by atoms with E-state index in [1.165, 1.54) is 0 Å². The number of hydrogen-bond donors (Lipinski definition) is 4. The molecular weight excluding hydrogens is 370 g/mol. The Bertz CT molecular complexity index is 854. The molecule has 0 spiro atoms. The molecule has 1 fully saturated rings. The van der Waals surface area contributed by atoms with Gasteiger partial charge in [-0.25, -0.2) is 9.59 Å². The third kappa shape index (κ3) is 5.71. The Hall–Kier alpha value is -3.55. The fourth-order valence-corrected chi connectivity index (χ4v) is 3.23. The second kappa shape index (κ2) is 9.59. The number of likely N-dealkylation sites (tertiary alicyclic amines) is 1. The molecule has 1 aliphatic rings. The molecule has 1 unspecified atom stereocenters. The van der Waals surface area contributed by atoms with Gasteiger partial charge in [0.2, 0.25) is 5.91 Å². The lowest BCUT2D eigenvalue weighted by Gasteiger charge is -2.31. The summed E-state index contributed by atoms with van der Waals surface area (Å²) >= 11 is 0. The predicted octanol–water partition coefficient (Wildman–Crippen LogP) is 3.32. The van der Waals surface area contributed by atoms with Crippen molar-refractivity contribution >= 4 is 35.0 Å². The highest BCUT2D eigenvalue weighted by atomic mass is 16.2. The number of rotatable bonds is 4. The molecule has 3 rings (SSSR count). The van der Waals surface area contributed by atoms with Gasteiger partial charge in [-0.1, -0.05) is 18.2 Å². The van der Waals surface area contributed by atoms with Gasteiger partial charge in [-0.3, -0.25) is 4.79 Å². The number of carbonyl (C=O) groups is 3. The van der Waals surface area contributed by atoms with Gasteiger partial charge >= 0.3 is 12.1 Å². The van der Waals surface area contributed by atoms with E-state index < -0.39 is 0 Å². The predicted molar refractivity (Wildman–Crippen MR) is 113 cm³/mol. The highest BCUT2D eigenvalue weighted by Crippen LogP contribution is 2.19. The first-order valence-electron chi connectivity index (χ1n) is 9.56. The fourth-order valence-electron chi connectivity index (χ4n) is 3.23. The SMILES string of the molecule is CNC(=O)C1CCCN(C(=O)Nc2ccc(NC(=O)Nc3ccccc3)cc2)C1. The van der Waals surface area contributed by atoms with Gasteiger partial charge in [0.15, 0.2) is 0 Å². The minimum absolute atomic E-state index is 0.0355. The number of hydrogen-bond acceptors (Lipinski definition) is 3. The lowest BCUT2D eigenvalue weighted by Crippen LogP contribution is -2.46. The molecule has 1 atom stereocenters. The third-order valence-electron chi connectivity index (χ3n) is 4.75. The number of para-hydroxylation sites is 1. The number of anilines is 3. The number of piperidine rings is 1. The third-order valence-corrected chi connectivity index (χ3v) is 4.75. The minimum atomic E-state index is -0.346. The van der Waals surface area contributed by atoms with Crippen LogP contribution >= 0.6 is 0 Å². The molecular formula is C21H25N5O3. The van der Waals surface area contributed by atoms with Crippen molar-refractivity contribution in [2.45, 2.75) is 12.8 Å². The van der Waals surface area contributed by atoms with Gasteiger partial charge in [0.05, 0.1) is 5.92 Å². The van der Waals surface area contributed by atoms with Gasteiger partial charge in [0, 0.05) is 37.2 Å². The Kier molecular flexibility index (Phi) is 6.67. The molecule has 2 aromatic rings. The molecule has 0 bridgehead atoms. The van der Waals surface area contributed by atoms with E-state index in [4.69, 9.17) is 0 Å². The van der Waals surface area contributed by atoms with Crippen molar-refractivity contribution in [2.75, 3.05) is 36.1 Å². The largest absolute Gasteiger partial charge is 0.359 e. The highest BCUT2D eigenvalue weighted by Gasteiger charge is 2.27. The van der Waals surface area contributed by atoms with Crippen LogP contribution in [0.25, 0.3) is 0 Å². The van der Waals surface area contributed by atoms with Gasteiger partial charge in [-0.05, 0) is 49.2 Å². The Morgan fingerprint density at radius 2 is 1.45 bits per heavy atom. The lowest BCUT2D eigenvalue weighted by molar-refractivity contribution is -0.125. The van der Waals surface area contributed by atoms with Crippen molar-refractivity contribution in [1.82, 2.24) is 10.2 Å². The topological polar surface area (TPSA) is 103 Å². The van der Waals surface area contributed by atoms with Crippen LogP contribution in [0.1, 0.15) is 12.8 Å². The van der Waals surface area contributed by atoms with Crippen LogP contribution in [0.5, 0.6) is 0 Å². The summed E-state index contributed by atoms with van der Waals surface area (Å²) in [4.78, 5) is 38.0. The molecule has 4 N–H and O–H groups in total. The molecule has 29 heavy (non-hydrogen) atoms. The van der Waals surface area contributed by atoms with Crippen LogP contribution in [0.15, 0.2) is 54.6 Å². The van der Waals surface area contributed by atoms with Crippen molar-refractivity contribution in [3.05, 3.63) is 54.6 Å². The zero-order chi connectivity index (χ0) is 20.6. The van der Waals surface area contributed by atoms with Gasteiger partial charge in [0.25, 0.3) is 0 Å². The van der Waals surface area contributed by atoms with E-state index in [1.54, 1.807) is 48.3 Å². The van der Waals surface area contributed by atoms with Crippen LogP contribution in [0.2, 0.25) is 0 Å². The molecule has 0 aliphatic carbocycles. The number of urea groups is 2. The van der Waals surface area contributed by atoms with Crippen molar-refractivity contribution in [3.63, 3.8) is 0 Å². The maximum atomic E-state index is 12.5. The van der Waals surface area contributed by atoms with Gasteiger partial charge in [-0.15, -0.1) is 0 Å². The van der Waals surface area contributed by atoms with E-state index in [9.17, 15) is 14.4 Å². The minimum Gasteiger partial charge on any atom is -0.359 e. The Labute approximate surface area is 169 Å². The van der Waals surface area contributed by atoms with E-state index >= 15 is 0 Å². The van der Waals surface area contributed by atoms with Crippen molar-refractivity contribution in [1.29, 1.82) is 0 Å². The van der Waals surface area contributed by atoms with Crippen molar-refractivity contribution in [3.8, 4) is 0 Å². The van der Waals surface area contributed by atoms with Crippen LogP contribution < -0.4 is 21.3 Å². The summed E-state index contributed by atoms with van der Waals surface area (Å²) in [5.74, 6) is -0.207. The van der Waals surface area contributed by atoms with Gasteiger partial charge in [-0.2, -0.15) is 0 Å². The van der Waals surface area contributed by atoms with E-state index in [0.717, 1.165) is 12.8 Å². The van der Waals surface area contributed by atoms with E-state index in [-0.39, 0.29) is 23.9 Å². The summed E-state index contributed by atoms with van der Waals surface area (Å²) in [5.41, 5.74) is 1.92. The zero-order valence-corrected chi connectivity index (χ0v) is 16.3. The van der Waals surface area contributed by atoms with Crippen LogP contribution in [0.3, 0.4) is 0 Å². The summed E-state index contributed by atoms with van der Waals surface area (Å²) in [6.07, 6.45) is 1.58. The average molecular weight is 395 g/mol. The Morgan fingerprint density at radius 1 is 0.862 bits per heavy atom. The summed E-state index contributed by atoms with van der Waals surface area (Å²) < 4.78 is 0. The monoisotopic (exact) mass is 395 g/mol. The zero-order valence-electron chi connectivity index (χ0n) is 16.3. The molecule has 8 heteroatoms. The van der Waals surface area contributed by atoms with Crippen LogP contribution in [-0.4, -0.2) is 43.0 Å². The number of nitrogens with zero attached hydrogens (tertiary/aromatic N) is 1. The van der Waals surface area contributed by atoms with Crippen LogP contribution in [0, 0.1) is 5.92 Å². The molecule has 0 saturated carbocycles. The second-order valence-corrected chi connectivity index (χ2v) is 6.85. The smallest absolute Gasteiger partial charge is 0.323 e. The number of amides is 5. The van der Waals surface area contributed by atoms with Crippen molar-refractivity contribution < 1.29 is 14.4 Å². The average Bonchev–Trinajstić information content (AvgIpc) is 2.75. The number of nitrogens with one attached hydrogen (secondary N) is 4. The molecule has 5 amide bonds.